The predicted octanol–water partition coefficient (Wildman–Crippen LogP) is 2.19. The Balaban J connectivity index is 2.66. The van der Waals surface area contributed by atoms with Crippen molar-refractivity contribution in [3.05, 3.63) is 10.6 Å². The number of aromatic nitrogens is 1. The fraction of sp³-hybridized carbons (Fsp3) is 0.400. The summed E-state index contributed by atoms with van der Waals surface area (Å²) in [6.45, 7) is 3.63. The van der Waals surface area contributed by atoms with E-state index in [0.717, 1.165) is 14.9 Å². The lowest BCUT2D eigenvalue weighted by Crippen LogP contribution is -1.99. The molecule has 0 radical (unpaired) electrons. The number of rotatable bonds is 4. The fourth-order valence-electron chi connectivity index (χ4n) is 0.934. The molecule has 5 heteroatoms. The molecule has 1 rings (SSSR count). The summed E-state index contributed by atoms with van der Waals surface area (Å²) in [6, 6.07) is 0. The maximum absolute atomic E-state index is 10.5. The average molecular weight is 241 g/mol. The summed E-state index contributed by atoms with van der Waals surface area (Å²) in [5.74, 6) is 5.62. The third-order valence-electron chi connectivity index (χ3n) is 1.63. The molecule has 0 saturated heterocycles. The summed E-state index contributed by atoms with van der Waals surface area (Å²) < 4.78 is 0.895. The van der Waals surface area contributed by atoms with Crippen molar-refractivity contribution in [3.8, 4) is 11.8 Å². The van der Waals surface area contributed by atoms with Crippen LogP contribution in [0.4, 0.5) is 0 Å². The molecule has 0 bridgehead atoms. The van der Waals surface area contributed by atoms with Crippen LogP contribution in [0.3, 0.4) is 0 Å². The van der Waals surface area contributed by atoms with E-state index in [2.05, 4.69) is 16.8 Å². The van der Waals surface area contributed by atoms with Gasteiger partial charge < -0.3 is 5.11 Å². The van der Waals surface area contributed by atoms with Gasteiger partial charge in [-0.05, 0) is 13.8 Å². The zero-order chi connectivity index (χ0) is 11.3. The first kappa shape index (κ1) is 12.1. The number of carboxylic acid groups (broad SMARTS) is 1. The third-order valence-corrected chi connectivity index (χ3v) is 3.81. The topological polar surface area (TPSA) is 50.2 Å². The van der Waals surface area contributed by atoms with Crippen LogP contribution < -0.4 is 0 Å². The van der Waals surface area contributed by atoms with Crippen LogP contribution in [0.1, 0.15) is 17.5 Å². The van der Waals surface area contributed by atoms with Gasteiger partial charge in [-0.25, -0.2) is 4.98 Å². The molecular weight excluding hydrogens is 230 g/mol. The van der Waals surface area contributed by atoms with Gasteiger partial charge in [0.2, 0.25) is 0 Å². The maximum atomic E-state index is 10.5. The Morgan fingerprint density at radius 1 is 1.67 bits per heavy atom. The quantitative estimate of drug-likeness (QED) is 0.648. The Hall–Kier alpha value is -0.990. The van der Waals surface area contributed by atoms with Crippen molar-refractivity contribution in [2.75, 3.05) is 5.75 Å². The van der Waals surface area contributed by atoms with Crippen LogP contribution in [0.15, 0.2) is 4.34 Å². The second-order valence-corrected chi connectivity index (χ2v) is 5.08. The smallest absolute Gasteiger partial charge is 0.308 e. The van der Waals surface area contributed by atoms with Gasteiger partial charge in [0.15, 0.2) is 4.34 Å². The van der Waals surface area contributed by atoms with Gasteiger partial charge in [0.25, 0.3) is 0 Å². The zero-order valence-electron chi connectivity index (χ0n) is 8.53. The van der Waals surface area contributed by atoms with Crippen LogP contribution in [-0.2, 0) is 11.2 Å². The molecule has 1 N–H and O–H groups in total. The summed E-state index contributed by atoms with van der Waals surface area (Å²) in [4.78, 5) is 15.7. The second kappa shape index (κ2) is 5.79. The van der Waals surface area contributed by atoms with Crippen LogP contribution in [-0.4, -0.2) is 21.8 Å². The minimum absolute atomic E-state index is 0.0590. The van der Waals surface area contributed by atoms with E-state index in [-0.39, 0.29) is 6.42 Å². The molecule has 15 heavy (non-hydrogen) atoms. The molecule has 0 atom stereocenters. The molecule has 0 unspecified atom stereocenters. The molecule has 0 aliphatic heterocycles. The molecule has 1 aromatic rings. The van der Waals surface area contributed by atoms with Gasteiger partial charge in [0, 0.05) is 4.88 Å². The van der Waals surface area contributed by atoms with Gasteiger partial charge in [-0.15, -0.1) is 17.3 Å². The molecule has 1 aromatic heterocycles. The Morgan fingerprint density at radius 3 is 3.00 bits per heavy atom. The number of thiazole rings is 1. The van der Waals surface area contributed by atoms with E-state index in [0.29, 0.717) is 5.75 Å². The lowest BCUT2D eigenvalue weighted by Gasteiger charge is -1.89. The summed E-state index contributed by atoms with van der Waals surface area (Å²) >= 11 is 2.99. The van der Waals surface area contributed by atoms with E-state index >= 15 is 0 Å². The van der Waals surface area contributed by atoms with Crippen molar-refractivity contribution in [3.63, 3.8) is 0 Å². The Bertz CT molecular complexity index is 415. The van der Waals surface area contributed by atoms with Crippen molar-refractivity contribution in [1.29, 1.82) is 0 Å². The van der Waals surface area contributed by atoms with Crippen molar-refractivity contribution >= 4 is 29.1 Å². The average Bonchev–Trinajstić information content (AvgIpc) is 2.47. The molecule has 0 aliphatic carbocycles. The van der Waals surface area contributed by atoms with E-state index in [1.165, 1.54) is 11.3 Å². The van der Waals surface area contributed by atoms with E-state index < -0.39 is 5.97 Å². The monoisotopic (exact) mass is 241 g/mol. The summed E-state index contributed by atoms with van der Waals surface area (Å²) in [7, 11) is 0. The number of aliphatic carboxylic acids is 1. The first-order valence-corrected chi connectivity index (χ1v) is 6.14. The molecule has 0 saturated carbocycles. The van der Waals surface area contributed by atoms with E-state index in [4.69, 9.17) is 5.11 Å². The molecule has 0 spiro atoms. The number of nitrogens with zero attached hydrogens (tertiary/aromatic N) is 1. The first-order valence-electron chi connectivity index (χ1n) is 4.34. The van der Waals surface area contributed by atoms with Crippen LogP contribution in [0.2, 0.25) is 0 Å². The van der Waals surface area contributed by atoms with Crippen LogP contribution in [0.5, 0.6) is 0 Å². The van der Waals surface area contributed by atoms with Crippen molar-refractivity contribution in [2.45, 2.75) is 24.6 Å². The van der Waals surface area contributed by atoms with Gasteiger partial charge in [0.1, 0.15) is 0 Å². The van der Waals surface area contributed by atoms with Crippen molar-refractivity contribution in [2.24, 2.45) is 0 Å². The van der Waals surface area contributed by atoms with Gasteiger partial charge in [0.05, 0.1) is 17.9 Å². The number of carbonyl (C=O) groups is 1. The molecule has 3 nitrogen and oxygen atoms in total. The molecule has 1 heterocycles. The van der Waals surface area contributed by atoms with Crippen molar-refractivity contribution in [1.82, 2.24) is 4.98 Å². The number of thioether (sulfide) groups is 1. The number of carboxylic acids is 1. The minimum atomic E-state index is -0.813. The molecule has 0 aromatic carbocycles. The predicted molar refractivity (Wildman–Crippen MR) is 62.4 cm³/mol. The largest absolute Gasteiger partial charge is 0.481 e. The molecule has 0 aliphatic rings. The van der Waals surface area contributed by atoms with Crippen LogP contribution >= 0.6 is 23.1 Å². The Morgan fingerprint density at radius 2 is 2.40 bits per heavy atom. The SMILES string of the molecule is CC#CCSc1nc(C)c(CC(=O)O)s1. The van der Waals surface area contributed by atoms with Gasteiger partial charge in [-0.2, -0.15) is 0 Å². The first-order chi connectivity index (χ1) is 7.13. The zero-order valence-corrected chi connectivity index (χ0v) is 10.2. The van der Waals surface area contributed by atoms with Gasteiger partial charge in [-0.3, -0.25) is 4.79 Å². The number of aryl methyl sites for hydroxylation is 1. The standard InChI is InChI=1S/C10H11NO2S2/c1-3-4-5-14-10-11-7(2)8(15-10)6-9(12)13/h5-6H2,1-2H3,(H,12,13). The lowest BCUT2D eigenvalue weighted by atomic mass is 10.3. The summed E-state index contributed by atoms with van der Waals surface area (Å²) in [6.07, 6.45) is 0.0590. The van der Waals surface area contributed by atoms with E-state index in [1.54, 1.807) is 18.7 Å². The number of hydrogen-bond acceptors (Lipinski definition) is 4. The highest BCUT2D eigenvalue weighted by Gasteiger charge is 2.10. The van der Waals surface area contributed by atoms with Crippen molar-refractivity contribution < 1.29 is 9.90 Å². The second-order valence-electron chi connectivity index (χ2n) is 2.77. The lowest BCUT2D eigenvalue weighted by molar-refractivity contribution is -0.136. The highest BCUT2D eigenvalue weighted by molar-refractivity contribution is 8.01. The van der Waals surface area contributed by atoms with Crippen LogP contribution in [0.25, 0.3) is 0 Å². The van der Waals surface area contributed by atoms with E-state index in [9.17, 15) is 4.79 Å². The maximum Gasteiger partial charge on any atom is 0.308 e. The highest BCUT2D eigenvalue weighted by Crippen LogP contribution is 2.27. The molecule has 80 valence electrons. The molecular formula is C10H11NO2S2. The normalized spacial score (nSPS) is 9.47. The van der Waals surface area contributed by atoms with Gasteiger partial charge in [-0.1, -0.05) is 17.7 Å². The van der Waals surface area contributed by atoms with Gasteiger partial charge >= 0.3 is 5.97 Å². The fourth-order valence-corrected chi connectivity index (χ4v) is 2.97. The molecule has 0 amide bonds. The number of hydrogen-bond donors (Lipinski definition) is 1. The third kappa shape index (κ3) is 3.94. The minimum Gasteiger partial charge on any atom is -0.481 e. The molecule has 0 fully saturated rings. The highest BCUT2D eigenvalue weighted by atomic mass is 32.2. The summed E-state index contributed by atoms with van der Waals surface area (Å²) in [5.41, 5.74) is 0.814. The van der Waals surface area contributed by atoms with Crippen LogP contribution in [0, 0.1) is 18.8 Å². The Labute approximate surface area is 96.9 Å². The van der Waals surface area contributed by atoms with E-state index in [1.807, 2.05) is 6.92 Å². The summed E-state index contributed by atoms with van der Waals surface area (Å²) in [5, 5.41) is 8.66. The Kier molecular flexibility index (Phi) is 4.66.